The third-order valence-corrected chi connectivity index (χ3v) is 7.74. The van der Waals surface area contributed by atoms with Crippen molar-refractivity contribution in [2.45, 2.75) is 71.3 Å². The van der Waals surface area contributed by atoms with Crippen LogP contribution >= 0.6 is 0 Å². The van der Waals surface area contributed by atoms with Crippen LogP contribution in [0.25, 0.3) is 0 Å². The Morgan fingerprint density at radius 2 is 1.86 bits per heavy atom. The first-order chi connectivity index (χ1) is 10.0. The number of hydrogen-bond donors (Lipinski definition) is 1. The van der Waals surface area contributed by atoms with Crippen LogP contribution in [0.5, 0.6) is 0 Å². The Balaban J connectivity index is 1.66. The SMILES string of the molecule is CC1=C2CC[C@@H]3[C@H](CC[C@]4(C)[C@H](O)CC[C@@H]34)[C@@H]2CCC1=O. The number of aliphatic hydroxyl groups is 1. The van der Waals surface area contributed by atoms with E-state index in [9.17, 15) is 9.90 Å². The molecule has 1 N–H and O–H groups in total. The lowest BCUT2D eigenvalue weighted by molar-refractivity contribution is -0.117. The number of hydrogen-bond acceptors (Lipinski definition) is 2. The number of carbonyl (C=O) groups excluding carboxylic acids is 1. The standard InChI is InChI=1S/C19H28O2/c1-11-12-3-4-15-14(13(12)5-7-17(11)20)9-10-19(2)16(15)6-8-18(19)21/h13-16,18,21H,3-10H2,1-2H3/t13-,14-,15-,16+,18-,19+/m1/s1. The van der Waals surface area contributed by atoms with E-state index in [-0.39, 0.29) is 11.5 Å². The summed E-state index contributed by atoms with van der Waals surface area (Å²) in [5.74, 6) is 3.40. The summed E-state index contributed by atoms with van der Waals surface area (Å²) in [5.41, 5.74) is 2.79. The summed E-state index contributed by atoms with van der Waals surface area (Å²) in [7, 11) is 0. The normalized spacial score (nSPS) is 49.7. The van der Waals surface area contributed by atoms with Crippen molar-refractivity contribution >= 4 is 5.78 Å². The number of carbonyl (C=O) groups is 1. The molecule has 0 aromatic carbocycles. The van der Waals surface area contributed by atoms with Gasteiger partial charge in [-0.1, -0.05) is 12.5 Å². The minimum absolute atomic E-state index is 0.0740. The van der Waals surface area contributed by atoms with Gasteiger partial charge in [0.05, 0.1) is 6.10 Å². The third kappa shape index (κ3) is 1.84. The zero-order chi connectivity index (χ0) is 14.8. The van der Waals surface area contributed by atoms with Crippen LogP contribution in [-0.2, 0) is 4.79 Å². The van der Waals surface area contributed by atoms with E-state index in [1.54, 1.807) is 0 Å². The molecule has 3 fully saturated rings. The van der Waals surface area contributed by atoms with Crippen molar-refractivity contribution in [2.75, 3.05) is 0 Å². The molecule has 0 spiro atoms. The molecule has 0 saturated heterocycles. The second-order valence-electron chi connectivity index (χ2n) is 8.33. The summed E-state index contributed by atoms with van der Waals surface area (Å²) >= 11 is 0. The fourth-order valence-corrected chi connectivity index (χ4v) is 6.48. The molecule has 0 heterocycles. The zero-order valence-corrected chi connectivity index (χ0v) is 13.4. The highest BCUT2D eigenvalue weighted by atomic mass is 16.3. The van der Waals surface area contributed by atoms with E-state index in [1.807, 2.05) is 0 Å². The second-order valence-corrected chi connectivity index (χ2v) is 8.33. The molecule has 0 radical (unpaired) electrons. The topological polar surface area (TPSA) is 37.3 Å². The Morgan fingerprint density at radius 3 is 2.67 bits per heavy atom. The Hall–Kier alpha value is -0.630. The molecule has 2 nitrogen and oxygen atoms in total. The average Bonchev–Trinajstić information content (AvgIpc) is 2.78. The van der Waals surface area contributed by atoms with Crippen LogP contribution in [0.2, 0.25) is 0 Å². The van der Waals surface area contributed by atoms with Crippen LogP contribution in [0.3, 0.4) is 0 Å². The summed E-state index contributed by atoms with van der Waals surface area (Å²) < 4.78 is 0. The molecule has 3 saturated carbocycles. The van der Waals surface area contributed by atoms with Gasteiger partial charge in [0.1, 0.15) is 0 Å². The van der Waals surface area contributed by atoms with Crippen LogP contribution in [-0.4, -0.2) is 17.0 Å². The lowest BCUT2D eigenvalue weighted by Gasteiger charge is -2.53. The quantitative estimate of drug-likeness (QED) is 0.734. The number of ketones is 1. The second kappa shape index (κ2) is 4.68. The van der Waals surface area contributed by atoms with E-state index in [0.29, 0.717) is 11.7 Å². The molecule has 4 rings (SSSR count). The molecule has 0 unspecified atom stereocenters. The Kier molecular flexibility index (Phi) is 3.12. The first-order valence-corrected chi connectivity index (χ1v) is 8.93. The van der Waals surface area contributed by atoms with Gasteiger partial charge in [-0.25, -0.2) is 0 Å². The predicted molar refractivity (Wildman–Crippen MR) is 82.7 cm³/mol. The van der Waals surface area contributed by atoms with Crippen molar-refractivity contribution in [2.24, 2.45) is 29.1 Å². The van der Waals surface area contributed by atoms with Crippen LogP contribution in [0.15, 0.2) is 11.1 Å². The number of Topliss-reactive ketones (excluding diaryl/α,β-unsaturated/α-hetero) is 1. The van der Waals surface area contributed by atoms with Crippen molar-refractivity contribution < 1.29 is 9.90 Å². The van der Waals surface area contributed by atoms with Crippen molar-refractivity contribution in [1.29, 1.82) is 0 Å². The highest BCUT2D eigenvalue weighted by Gasteiger charge is 2.56. The Labute approximate surface area is 128 Å². The third-order valence-electron chi connectivity index (χ3n) is 7.74. The zero-order valence-electron chi connectivity index (χ0n) is 13.4. The molecule has 116 valence electrons. The van der Waals surface area contributed by atoms with Crippen molar-refractivity contribution in [3.05, 3.63) is 11.1 Å². The van der Waals surface area contributed by atoms with Gasteiger partial charge in [-0.3, -0.25) is 4.79 Å². The van der Waals surface area contributed by atoms with E-state index < -0.39 is 0 Å². The molecule has 21 heavy (non-hydrogen) atoms. The van der Waals surface area contributed by atoms with Gasteiger partial charge in [-0.15, -0.1) is 0 Å². The molecule has 4 aliphatic carbocycles. The highest BCUT2D eigenvalue weighted by Crippen LogP contribution is 2.62. The molecule has 0 aliphatic heterocycles. The number of fused-ring (bicyclic) bond motifs is 5. The maximum absolute atomic E-state index is 12.0. The molecule has 0 bridgehead atoms. The van der Waals surface area contributed by atoms with Gasteiger partial charge in [0.25, 0.3) is 0 Å². The Bertz CT molecular complexity index is 506. The van der Waals surface area contributed by atoms with Crippen molar-refractivity contribution in [1.82, 2.24) is 0 Å². The first-order valence-electron chi connectivity index (χ1n) is 8.93. The first kappa shape index (κ1) is 14.0. The molecular weight excluding hydrogens is 260 g/mol. The molecule has 2 heteroatoms. The molecule has 0 aromatic heterocycles. The van der Waals surface area contributed by atoms with Gasteiger partial charge in [0, 0.05) is 6.42 Å². The molecule has 0 amide bonds. The number of allylic oxidation sites excluding steroid dienone is 1. The van der Waals surface area contributed by atoms with E-state index >= 15 is 0 Å². The molecule has 4 aliphatic rings. The van der Waals surface area contributed by atoms with E-state index in [4.69, 9.17) is 0 Å². The summed E-state index contributed by atoms with van der Waals surface area (Å²) in [5, 5.41) is 10.4. The molecule has 0 aromatic rings. The van der Waals surface area contributed by atoms with Crippen LogP contribution < -0.4 is 0 Å². The minimum Gasteiger partial charge on any atom is -0.393 e. The monoisotopic (exact) mass is 288 g/mol. The smallest absolute Gasteiger partial charge is 0.158 e. The van der Waals surface area contributed by atoms with E-state index in [1.165, 1.54) is 31.3 Å². The van der Waals surface area contributed by atoms with Crippen LogP contribution in [0.1, 0.15) is 65.2 Å². The summed E-state index contributed by atoms with van der Waals surface area (Å²) in [4.78, 5) is 12.0. The predicted octanol–water partition coefficient (Wildman–Crippen LogP) is 3.88. The van der Waals surface area contributed by atoms with Crippen LogP contribution in [0, 0.1) is 29.1 Å². The van der Waals surface area contributed by atoms with Gasteiger partial charge in [0.15, 0.2) is 5.78 Å². The van der Waals surface area contributed by atoms with Crippen molar-refractivity contribution in [3.8, 4) is 0 Å². The molecule has 6 atom stereocenters. The lowest BCUT2D eigenvalue weighted by Crippen LogP contribution is -2.47. The summed E-state index contributed by atoms with van der Waals surface area (Å²) in [6.07, 6.45) is 8.89. The fraction of sp³-hybridized carbons (Fsp3) is 0.842. The summed E-state index contributed by atoms with van der Waals surface area (Å²) in [6.45, 7) is 4.41. The van der Waals surface area contributed by atoms with E-state index in [0.717, 1.165) is 49.0 Å². The maximum Gasteiger partial charge on any atom is 0.158 e. The number of aliphatic hydroxyl groups excluding tert-OH is 1. The fourth-order valence-electron chi connectivity index (χ4n) is 6.48. The minimum atomic E-state index is -0.0740. The van der Waals surface area contributed by atoms with Gasteiger partial charge in [-0.05, 0) is 86.5 Å². The van der Waals surface area contributed by atoms with Crippen molar-refractivity contribution in [3.63, 3.8) is 0 Å². The van der Waals surface area contributed by atoms with E-state index in [2.05, 4.69) is 13.8 Å². The van der Waals surface area contributed by atoms with Gasteiger partial charge < -0.3 is 5.11 Å². The lowest BCUT2D eigenvalue weighted by atomic mass is 9.52. The van der Waals surface area contributed by atoms with Crippen LogP contribution in [0.4, 0.5) is 0 Å². The maximum atomic E-state index is 12.0. The molecular formula is C19H28O2. The number of rotatable bonds is 0. The summed E-state index contributed by atoms with van der Waals surface area (Å²) in [6, 6.07) is 0. The average molecular weight is 288 g/mol. The van der Waals surface area contributed by atoms with Gasteiger partial charge >= 0.3 is 0 Å². The largest absolute Gasteiger partial charge is 0.393 e. The Morgan fingerprint density at radius 1 is 1.05 bits per heavy atom. The van der Waals surface area contributed by atoms with Gasteiger partial charge in [-0.2, -0.15) is 0 Å². The highest BCUT2D eigenvalue weighted by molar-refractivity contribution is 5.96. The van der Waals surface area contributed by atoms with Gasteiger partial charge in [0.2, 0.25) is 0 Å².